The van der Waals surface area contributed by atoms with E-state index in [1.54, 1.807) is 6.08 Å². The van der Waals surface area contributed by atoms with E-state index < -0.39 is 0 Å². The molecule has 1 aromatic carbocycles. The zero-order valence-electron chi connectivity index (χ0n) is 9.51. The molecule has 17 heavy (non-hydrogen) atoms. The molecule has 0 radical (unpaired) electrons. The Morgan fingerprint density at radius 1 is 1.41 bits per heavy atom. The Balaban J connectivity index is 2.63. The van der Waals surface area contributed by atoms with Crippen molar-refractivity contribution in [3.63, 3.8) is 0 Å². The predicted octanol–water partition coefficient (Wildman–Crippen LogP) is 2.49. The third-order valence-electron chi connectivity index (χ3n) is 2.50. The summed E-state index contributed by atoms with van der Waals surface area (Å²) in [5.74, 6) is 0. The Morgan fingerprint density at radius 3 is 2.88 bits per heavy atom. The van der Waals surface area contributed by atoms with Crippen molar-refractivity contribution < 1.29 is 0 Å². The first-order chi connectivity index (χ1) is 8.26. The van der Waals surface area contributed by atoms with Gasteiger partial charge in [-0.3, -0.25) is 0 Å². The molecule has 2 aromatic rings. The molecule has 1 atom stereocenters. The van der Waals surface area contributed by atoms with Crippen molar-refractivity contribution in [2.24, 2.45) is 0 Å². The second-order valence-corrected chi connectivity index (χ2v) is 3.72. The van der Waals surface area contributed by atoms with Gasteiger partial charge in [-0.15, -0.1) is 16.8 Å². The molecular formula is C13H12N4. The van der Waals surface area contributed by atoms with Gasteiger partial charge in [0.05, 0.1) is 11.2 Å². The Kier molecular flexibility index (Phi) is 3.01. The molecule has 0 bridgehead atoms. The van der Waals surface area contributed by atoms with Gasteiger partial charge in [0.2, 0.25) is 0 Å². The number of aromatic nitrogens is 2. The standard InChI is InChI=1S/C13H12N4/c1-3-9(2)15-13-10-6-4-5-7-11(10)16-17-12(13)8-14/h3-7,9H,1H2,2H3,(H,15,16). The van der Waals surface area contributed by atoms with Crippen LogP contribution in [0.5, 0.6) is 0 Å². The number of nitriles is 1. The second kappa shape index (κ2) is 4.62. The number of anilines is 1. The van der Waals surface area contributed by atoms with E-state index in [1.807, 2.05) is 37.3 Å². The summed E-state index contributed by atoms with van der Waals surface area (Å²) in [5.41, 5.74) is 1.79. The molecule has 0 aliphatic carbocycles. The summed E-state index contributed by atoms with van der Waals surface area (Å²) < 4.78 is 0. The number of fused-ring (bicyclic) bond motifs is 1. The van der Waals surface area contributed by atoms with E-state index in [4.69, 9.17) is 5.26 Å². The molecule has 1 unspecified atom stereocenters. The lowest BCUT2D eigenvalue weighted by atomic mass is 10.1. The second-order valence-electron chi connectivity index (χ2n) is 3.72. The normalized spacial score (nSPS) is 11.8. The minimum atomic E-state index is 0.0645. The maximum absolute atomic E-state index is 9.05. The Labute approximate surface area is 99.6 Å². The molecule has 0 saturated heterocycles. The van der Waals surface area contributed by atoms with Crippen LogP contribution in [0.3, 0.4) is 0 Å². The molecule has 4 heteroatoms. The van der Waals surface area contributed by atoms with Crippen LogP contribution in [-0.2, 0) is 0 Å². The molecule has 2 rings (SSSR count). The first-order valence-corrected chi connectivity index (χ1v) is 5.31. The first kappa shape index (κ1) is 11.1. The van der Waals surface area contributed by atoms with Crippen LogP contribution in [0, 0.1) is 11.3 Å². The van der Waals surface area contributed by atoms with Crippen molar-refractivity contribution in [1.82, 2.24) is 10.2 Å². The van der Waals surface area contributed by atoms with Gasteiger partial charge >= 0.3 is 0 Å². The minimum Gasteiger partial charge on any atom is -0.376 e. The molecule has 1 heterocycles. The quantitative estimate of drug-likeness (QED) is 0.813. The van der Waals surface area contributed by atoms with Gasteiger partial charge in [0, 0.05) is 11.4 Å². The molecule has 84 valence electrons. The van der Waals surface area contributed by atoms with Gasteiger partial charge in [-0.1, -0.05) is 24.3 Å². The van der Waals surface area contributed by atoms with Gasteiger partial charge < -0.3 is 5.32 Å². The summed E-state index contributed by atoms with van der Waals surface area (Å²) in [4.78, 5) is 0. The fraction of sp³-hybridized carbons (Fsp3) is 0.154. The summed E-state index contributed by atoms with van der Waals surface area (Å²) in [7, 11) is 0. The predicted molar refractivity (Wildman–Crippen MR) is 67.5 cm³/mol. The lowest BCUT2D eigenvalue weighted by Gasteiger charge is -2.13. The number of nitrogens with zero attached hydrogens (tertiary/aromatic N) is 3. The molecule has 0 aliphatic heterocycles. The van der Waals surface area contributed by atoms with E-state index in [0.29, 0.717) is 11.4 Å². The average molecular weight is 224 g/mol. The van der Waals surface area contributed by atoms with Gasteiger partial charge in [-0.05, 0) is 13.0 Å². The summed E-state index contributed by atoms with van der Waals surface area (Å²) >= 11 is 0. The van der Waals surface area contributed by atoms with Crippen molar-refractivity contribution >= 4 is 16.6 Å². The number of nitrogens with one attached hydrogen (secondary N) is 1. The molecule has 0 aliphatic rings. The minimum absolute atomic E-state index is 0.0645. The Bertz CT molecular complexity index is 598. The van der Waals surface area contributed by atoms with Crippen LogP contribution in [0.15, 0.2) is 36.9 Å². The number of benzene rings is 1. The molecule has 0 amide bonds. The number of rotatable bonds is 3. The fourth-order valence-corrected chi connectivity index (χ4v) is 1.56. The van der Waals surface area contributed by atoms with E-state index in [9.17, 15) is 0 Å². The van der Waals surface area contributed by atoms with Crippen molar-refractivity contribution in [1.29, 1.82) is 5.26 Å². The summed E-state index contributed by atoms with van der Waals surface area (Å²) in [6.07, 6.45) is 1.77. The molecule has 1 N–H and O–H groups in total. The molecule has 0 fully saturated rings. The third kappa shape index (κ3) is 2.08. The van der Waals surface area contributed by atoms with Gasteiger partial charge in [0.15, 0.2) is 5.69 Å². The van der Waals surface area contributed by atoms with Crippen LogP contribution in [0.4, 0.5) is 5.69 Å². The van der Waals surface area contributed by atoms with Crippen LogP contribution in [0.1, 0.15) is 12.6 Å². The van der Waals surface area contributed by atoms with Crippen molar-refractivity contribution in [2.75, 3.05) is 5.32 Å². The topological polar surface area (TPSA) is 61.6 Å². The molecule has 4 nitrogen and oxygen atoms in total. The van der Waals surface area contributed by atoms with Gasteiger partial charge in [0.1, 0.15) is 6.07 Å². The maximum atomic E-state index is 9.05. The monoisotopic (exact) mass is 224 g/mol. The highest BCUT2D eigenvalue weighted by atomic mass is 15.1. The zero-order chi connectivity index (χ0) is 12.3. The van der Waals surface area contributed by atoms with Crippen LogP contribution in [0.2, 0.25) is 0 Å². The van der Waals surface area contributed by atoms with Crippen molar-refractivity contribution in [2.45, 2.75) is 13.0 Å². The largest absolute Gasteiger partial charge is 0.376 e. The number of hydrogen-bond acceptors (Lipinski definition) is 4. The summed E-state index contributed by atoms with van der Waals surface area (Å²) in [6, 6.07) is 9.70. The lowest BCUT2D eigenvalue weighted by molar-refractivity contribution is 0.982. The maximum Gasteiger partial charge on any atom is 0.186 e. The van der Waals surface area contributed by atoms with Crippen molar-refractivity contribution in [3.05, 3.63) is 42.6 Å². The summed E-state index contributed by atoms with van der Waals surface area (Å²) in [6.45, 7) is 5.67. The van der Waals surface area contributed by atoms with E-state index >= 15 is 0 Å². The van der Waals surface area contributed by atoms with Gasteiger partial charge in [0.25, 0.3) is 0 Å². The summed E-state index contributed by atoms with van der Waals surface area (Å²) in [5, 5.41) is 21.1. The molecule has 0 saturated carbocycles. The van der Waals surface area contributed by atoms with Crippen LogP contribution in [0.25, 0.3) is 10.9 Å². The van der Waals surface area contributed by atoms with Crippen LogP contribution in [-0.4, -0.2) is 16.2 Å². The van der Waals surface area contributed by atoms with Crippen molar-refractivity contribution in [3.8, 4) is 6.07 Å². The highest BCUT2D eigenvalue weighted by molar-refractivity contribution is 5.92. The average Bonchev–Trinajstić information content (AvgIpc) is 2.39. The zero-order valence-corrected chi connectivity index (χ0v) is 9.51. The molecule has 0 spiro atoms. The highest BCUT2D eigenvalue weighted by Gasteiger charge is 2.10. The Hall–Kier alpha value is -2.41. The van der Waals surface area contributed by atoms with E-state index in [1.165, 1.54) is 0 Å². The first-order valence-electron chi connectivity index (χ1n) is 5.31. The third-order valence-corrected chi connectivity index (χ3v) is 2.50. The Morgan fingerprint density at radius 2 is 2.18 bits per heavy atom. The molecule has 1 aromatic heterocycles. The fourth-order valence-electron chi connectivity index (χ4n) is 1.56. The van der Waals surface area contributed by atoms with E-state index in [2.05, 4.69) is 22.1 Å². The lowest BCUT2D eigenvalue weighted by Crippen LogP contribution is -2.13. The van der Waals surface area contributed by atoms with E-state index in [0.717, 1.165) is 10.9 Å². The molecular weight excluding hydrogens is 212 g/mol. The van der Waals surface area contributed by atoms with Crippen LogP contribution >= 0.6 is 0 Å². The van der Waals surface area contributed by atoms with Gasteiger partial charge in [-0.25, -0.2) is 0 Å². The smallest absolute Gasteiger partial charge is 0.186 e. The highest BCUT2D eigenvalue weighted by Crippen LogP contribution is 2.24. The van der Waals surface area contributed by atoms with E-state index in [-0.39, 0.29) is 6.04 Å². The van der Waals surface area contributed by atoms with Crippen LogP contribution < -0.4 is 5.32 Å². The SMILES string of the molecule is C=CC(C)Nc1c(C#N)nnc2ccccc12. The number of hydrogen-bond donors (Lipinski definition) is 1. The van der Waals surface area contributed by atoms with Gasteiger partial charge in [-0.2, -0.15) is 5.26 Å².